The molecular weight excluding hydrogens is 492 g/mol. The molecule has 1 atom stereocenters. The smallest absolute Gasteiger partial charge is 1.00 e. The third-order valence-corrected chi connectivity index (χ3v) is 4.73. The first-order valence-electron chi connectivity index (χ1n) is 10.8. The Kier molecular flexibility index (Phi) is 13.3. The van der Waals surface area contributed by atoms with Crippen molar-refractivity contribution in [2.45, 2.75) is 45.0 Å². The van der Waals surface area contributed by atoms with Gasteiger partial charge in [0.15, 0.2) is 0 Å². The molecule has 2 aromatic rings. The molecule has 4 N–H and O–H groups in total. The van der Waals surface area contributed by atoms with Gasteiger partial charge in [-0.05, 0) is 55.2 Å². The number of carboxylic acids is 1. The first kappa shape index (κ1) is 31.2. The molecule has 0 radical (unpaired) electrons. The molecule has 0 bridgehead atoms. The molecule has 0 aliphatic rings. The van der Waals surface area contributed by atoms with Crippen LogP contribution in [0, 0.1) is 6.92 Å². The molecule has 1 heterocycles. The normalized spacial score (nSPS) is 11.6. The van der Waals surface area contributed by atoms with Crippen molar-refractivity contribution in [3.8, 4) is 5.75 Å². The maximum absolute atomic E-state index is 12.3. The Hall–Kier alpha value is -2.83. The summed E-state index contributed by atoms with van der Waals surface area (Å²) in [6.07, 6.45) is -2.15. The summed E-state index contributed by atoms with van der Waals surface area (Å²) in [5, 5.41) is 17.2. The first-order valence-corrected chi connectivity index (χ1v) is 10.8. The van der Waals surface area contributed by atoms with Gasteiger partial charge in [0.25, 0.3) is 0 Å². The number of carboxylic acid groups (broad SMARTS) is 1. The monoisotopic (exact) mass is 520 g/mol. The number of hydrogen-bond donors (Lipinski definition) is 4. The van der Waals surface area contributed by atoms with E-state index in [1.54, 1.807) is 6.20 Å². The van der Waals surface area contributed by atoms with Crippen LogP contribution >= 0.6 is 0 Å². The summed E-state index contributed by atoms with van der Waals surface area (Å²) in [5.41, 5.74) is 1.36. The molecule has 0 aliphatic carbocycles. The van der Waals surface area contributed by atoms with Crippen LogP contribution in [-0.2, 0) is 14.4 Å². The van der Waals surface area contributed by atoms with E-state index in [-0.39, 0.29) is 55.4 Å². The third-order valence-electron chi connectivity index (χ3n) is 4.73. The molecule has 0 aliphatic heterocycles. The maximum atomic E-state index is 12.3. The van der Waals surface area contributed by atoms with E-state index in [2.05, 4.69) is 25.7 Å². The molecule has 2 amide bonds. The van der Waals surface area contributed by atoms with Crippen molar-refractivity contribution in [2.75, 3.05) is 18.4 Å². The number of nitrogens with zero attached hydrogens (tertiary/aromatic N) is 1. The molecule has 0 fully saturated rings. The molecular formula is C23H28F3N4NaO5. The van der Waals surface area contributed by atoms with Gasteiger partial charge in [0.2, 0.25) is 11.8 Å². The van der Waals surface area contributed by atoms with Crippen LogP contribution in [0.15, 0.2) is 42.6 Å². The SMILES string of the molecule is Cc1ccnc(NCCCCC(=O)NCC(=O)NC(CC(=O)O)c2ccc(OC(F)(F)F)cc2)c1.[H-].[Na+]. The fourth-order valence-electron chi connectivity index (χ4n) is 3.10. The number of aryl methyl sites for hydroxylation is 1. The molecule has 1 unspecified atom stereocenters. The summed E-state index contributed by atoms with van der Waals surface area (Å²) >= 11 is 0. The number of aliphatic carboxylic acids is 1. The number of halogens is 3. The summed E-state index contributed by atoms with van der Waals surface area (Å²) in [6, 6.07) is 7.30. The summed E-state index contributed by atoms with van der Waals surface area (Å²) in [7, 11) is 0. The number of aromatic nitrogens is 1. The second-order valence-electron chi connectivity index (χ2n) is 7.71. The van der Waals surface area contributed by atoms with E-state index in [4.69, 9.17) is 5.11 Å². The first-order chi connectivity index (χ1) is 16.5. The van der Waals surface area contributed by atoms with Crippen LogP contribution < -0.4 is 50.2 Å². The standard InChI is InChI=1S/C23H27F3N4O5.Na.H/c1-15-9-11-28-19(12-15)27-10-3-2-4-20(31)29-14-21(32)30-18(13-22(33)34)16-5-7-17(8-6-16)35-23(24,25)26;;/h5-9,11-12,18H,2-4,10,13-14H2,1H3,(H,27,28)(H,29,31)(H,30,32)(H,33,34);;/q;+1;-1. The van der Waals surface area contributed by atoms with Gasteiger partial charge in [0.05, 0.1) is 19.0 Å². The molecule has 0 spiro atoms. The summed E-state index contributed by atoms with van der Waals surface area (Å²) in [5.74, 6) is -1.90. The van der Waals surface area contributed by atoms with E-state index in [1.165, 1.54) is 12.1 Å². The largest absolute Gasteiger partial charge is 1.00 e. The topological polar surface area (TPSA) is 130 Å². The molecule has 1 aromatic carbocycles. The number of pyridine rings is 1. The van der Waals surface area contributed by atoms with E-state index in [0.29, 0.717) is 19.4 Å². The fraction of sp³-hybridized carbons (Fsp3) is 0.391. The number of rotatable bonds is 13. The Morgan fingerprint density at radius 3 is 2.42 bits per heavy atom. The predicted molar refractivity (Wildman–Crippen MR) is 122 cm³/mol. The number of hydrogen-bond acceptors (Lipinski definition) is 6. The molecule has 13 heteroatoms. The molecule has 1 aromatic heterocycles. The van der Waals surface area contributed by atoms with Crippen LogP contribution in [0.2, 0.25) is 0 Å². The second kappa shape index (κ2) is 15.3. The summed E-state index contributed by atoms with van der Waals surface area (Å²) in [6.45, 7) is 2.23. The summed E-state index contributed by atoms with van der Waals surface area (Å²) in [4.78, 5) is 39.5. The van der Waals surface area contributed by atoms with Gasteiger partial charge in [-0.25, -0.2) is 4.98 Å². The maximum Gasteiger partial charge on any atom is 1.00 e. The van der Waals surface area contributed by atoms with Crippen molar-refractivity contribution in [3.63, 3.8) is 0 Å². The van der Waals surface area contributed by atoms with Gasteiger partial charge in [0.1, 0.15) is 11.6 Å². The van der Waals surface area contributed by atoms with Crippen molar-refractivity contribution in [2.24, 2.45) is 0 Å². The quantitative estimate of drug-likeness (QED) is 0.223. The average Bonchev–Trinajstić information content (AvgIpc) is 2.76. The molecule has 192 valence electrons. The van der Waals surface area contributed by atoms with Gasteiger partial charge in [-0.15, -0.1) is 13.2 Å². The number of nitrogens with one attached hydrogen (secondary N) is 3. The van der Waals surface area contributed by atoms with E-state index < -0.39 is 36.5 Å². The van der Waals surface area contributed by atoms with Crippen LogP contribution in [0.3, 0.4) is 0 Å². The van der Waals surface area contributed by atoms with Crippen LogP contribution in [0.1, 0.15) is 44.3 Å². The minimum absolute atomic E-state index is 0. The predicted octanol–water partition coefficient (Wildman–Crippen LogP) is 0.436. The number of carbonyl (C=O) groups excluding carboxylic acids is 2. The van der Waals surface area contributed by atoms with Gasteiger partial charge in [-0.3, -0.25) is 14.4 Å². The van der Waals surface area contributed by atoms with Gasteiger partial charge in [-0.1, -0.05) is 12.1 Å². The number of amides is 2. The van der Waals surface area contributed by atoms with Crippen molar-refractivity contribution in [1.82, 2.24) is 15.6 Å². The Balaban J connectivity index is 0.00000648. The number of unbranched alkanes of at least 4 members (excludes halogenated alkanes) is 1. The zero-order valence-electron chi connectivity index (χ0n) is 21.0. The molecule has 36 heavy (non-hydrogen) atoms. The van der Waals surface area contributed by atoms with Gasteiger partial charge < -0.3 is 27.2 Å². The average molecular weight is 520 g/mol. The van der Waals surface area contributed by atoms with Crippen LogP contribution in [0.5, 0.6) is 5.75 Å². The zero-order valence-corrected chi connectivity index (χ0v) is 22.0. The fourth-order valence-corrected chi connectivity index (χ4v) is 3.10. The van der Waals surface area contributed by atoms with Crippen molar-refractivity contribution < 1.29 is 68.4 Å². The third kappa shape index (κ3) is 12.8. The summed E-state index contributed by atoms with van der Waals surface area (Å²) < 4.78 is 40.7. The van der Waals surface area contributed by atoms with Crippen molar-refractivity contribution >= 4 is 23.6 Å². The van der Waals surface area contributed by atoms with Gasteiger partial charge in [-0.2, -0.15) is 0 Å². The van der Waals surface area contributed by atoms with Gasteiger partial charge in [0, 0.05) is 19.2 Å². The molecule has 2 rings (SSSR count). The molecule has 9 nitrogen and oxygen atoms in total. The van der Waals surface area contributed by atoms with E-state index in [9.17, 15) is 27.6 Å². The number of anilines is 1. The van der Waals surface area contributed by atoms with E-state index in [0.717, 1.165) is 23.5 Å². The Bertz CT molecular complexity index is 1010. The Morgan fingerprint density at radius 1 is 1.11 bits per heavy atom. The number of alkyl halides is 3. The minimum Gasteiger partial charge on any atom is -1.00 e. The van der Waals surface area contributed by atoms with Crippen LogP contribution in [0.4, 0.5) is 19.0 Å². The number of benzene rings is 1. The van der Waals surface area contributed by atoms with E-state index in [1.807, 2.05) is 19.1 Å². The zero-order chi connectivity index (χ0) is 25.8. The van der Waals surface area contributed by atoms with Crippen molar-refractivity contribution in [3.05, 3.63) is 53.7 Å². The Labute approximate surface area is 230 Å². The molecule has 0 saturated heterocycles. The Morgan fingerprint density at radius 2 is 1.81 bits per heavy atom. The minimum atomic E-state index is -4.86. The van der Waals surface area contributed by atoms with Crippen molar-refractivity contribution in [1.29, 1.82) is 0 Å². The van der Waals surface area contributed by atoms with Crippen LogP contribution in [-0.4, -0.2) is 47.3 Å². The number of ether oxygens (including phenoxy) is 1. The molecule has 0 saturated carbocycles. The van der Waals surface area contributed by atoms with Gasteiger partial charge >= 0.3 is 41.9 Å². The van der Waals surface area contributed by atoms with E-state index >= 15 is 0 Å². The number of carbonyl (C=O) groups is 3. The van der Waals surface area contributed by atoms with Crippen LogP contribution in [0.25, 0.3) is 0 Å². The second-order valence-corrected chi connectivity index (χ2v) is 7.71.